The van der Waals surface area contributed by atoms with E-state index in [-0.39, 0.29) is 24.3 Å². The van der Waals surface area contributed by atoms with Crippen molar-refractivity contribution in [2.45, 2.75) is 33.7 Å². The number of nitrogens with one attached hydrogen (secondary N) is 2. The summed E-state index contributed by atoms with van der Waals surface area (Å²) in [6.45, 7) is 7.56. The van der Waals surface area contributed by atoms with Crippen molar-refractivity contribution >= 4 is 17.5 Å². The second-order valence-corrected chi connectivity index (χ2v) is 6.70. The number of ether oxygens (including phenoxy) is 1. The van der Waals surface area contributed by atoms with Gasteiger partial charge in [0.1, 0.15) is 11.8 Å². The number of aryl methyl sites for hydroxylation is 2. The van der Waals surface area contributed by atoms with Crippen LogP contribution in [-0.4, -0.2) is 24.5 Å². The Kier molecular flexibility index (Phi) is 6.78. The van der Waals surface area contributed by atoms with Crippen LogP contribution in [-0.2, 0) is 9.59 Å². The number of para-hydroxylation sites is 1. The maximum absolute atomic E-state index is 12.7. The van der Waals surface area contributed by atoms with Crippen molar-refractivity contribution in [3.63, 3.8) is 0 Å². The van der Waals surface area contributed by atoms with Crippen LogP contribution in [0, 0.1) is 19.8 Å². The SMILES string of the molecule is Cc1ccc(C)c(NC(=O)C(NC(=O)COc2ccccc2)C(C)C)c1. The molecule has 1 unspecified atom stereocenters. The molecule has 2 amide bonds. The van der Waals surface area contributed by atoms with E-state index in [2.05, 4.69) is 10.6 Å². The molecule has 0 saturated heterocycles. The first-order valence-electron chi connectivity index (χ1n) is 8.72. The van der Waals surface area contributed by atoms with Crippen molar-refractivity contribution in [3.05, 3.63) is 59.7 Å². The number of benzene rings is 2. The summed E-state index contributed by atoms with van der Waals surface area (Å²) in [5, 5.41) is 5.68. The van der Waals surface area contributed by atoms with Crippen LogP contribution in [0.15, 0.2) is 48.5 Å². The van der Waals surface area contributed by atoms with Gasteiger partial charge in [-0.1, -0.05) is 44.2 Å². The summed E-state index contributed by atoms with van der Waals surface area (Å²) in [5.41, 5.74) is 2.80. The number of carbonyl (C=O) groups is 2. The largest absolute Gasteiger partial charge is 0.484 e. The van der Waals surface area contributed by atoms with Crippen LogP contribution < -0.4 is 15.4 Å². The van der Waals surface area contributed by atoms with Crippen LogP contribution in [0.5, 0.6) is 5.75 Å². The van der Waals surface area contributed by atoms with Gasteiger partial charge in [0.25, 0.3) is 5.91 Å². The fourth-order valence-corrected chi connectivity index (χ4v) is 2.50. The maximum Gasteiger partial charge on any atom is 0.258 e. The van der Waals surface area contributed by atoms with Crippen LogP contribution >= 0.6 is 0 Å². The van der Waals surface area contributed by atoms with Gasteiger partial charge in [0.2, 0.25) is 5.91 Å². The number of hydrogen-bond donors (Lipinski definition) is 2. The molecule has 5 heteroatoms. The minimum Gasteiger partial charge on any atom is -0.484 e. The molecule has 0 aromatic heterocycles. The normalized spacial score (nSPS) is 11.7. The van der Waals surface area contributed by atoms with Crippen molar-refractivity contribution in [1.29, 1.82) is 0 Å². The fraction of sp³-hybridized carbons (Fsp3) is 0.333. The van der Waals surface area contributed by atoms with Gasteiger partial charge in [-0.3, -0.25) is 9.59 Å². The zero-order chi connectivity index (χ0) is 19.1. The van der Waals surface area contributed by atoms with Crippen molar-refractivity contribution < 1.29 is 14.3 Å². The summed E-state index contributed by atoms with van der Waals surface area (Å²) in [5.74, 6) is -0.00481. The third kappa shape index (κ3) is 5.62. The quantitative estimate of drug-likeness (QED) is 0.800. The topological polar surface area (TPSA) is 67.4 Å². The third-order valence-electron chi connectivity index (χ3n) is 4.03. The molecule has 1 atom stereocenters. The van der Waals surface area contributed by atoms with Crippen LogP contribution in [0.4, 0.5) is 5.69 Å². The molecule has 0 saturated carbocycles. The summed E-state index contributed by atoms with van der Waals surface area (Å²) in [4.78, 5) is 24.9. The highest BCUT2D eigenvalue weighted by Gasteiger charge is 2.24. The van der Waals surface area contributed by atoms with Crippen molar-refractivity contribution in [3.8, 4) is 5.75 Å². The molecule has 0 aliphatic heterocycles. The predicted octanol–water partition coefficient (Wildman–Crippen LogP) is 3.46. The van der Waals surface area contributed by atoms with Gasteiger partial charge in [-0.25, -0.2) is 0 Å². The number of anilines is 1. The van der Waals surface area contributed by atoms with Crippen molar-refractivity contribution in [2.24, 2.45) is 5.92 Å². The monoisotopic (exact) mass is 354 g/mol. The van der Waals surface area contributed by atoms with E-state index in [1.54, 1.807) is 12.1 Å². The Morgan fingerprint density at radius 3 is 2.38 bits per heavy atom. The van der Waals surface area contributed by atoms with E-state index >= 15 is 0 Å². The fourth-order valence-electron chi connectivity index (χ4n) is 2.50. The summed E-state index contributed by atoms with van der Waals surface area (Å²) in [7, 11) is 0. The molecule has 0 heterocycles. The van der Waals surface area contributed by atoms with Gasteiger partial charge in [-0.05, 0) is 49.1 Å². The van der Waals surface area contributed by atoms with Crippen LogP contribution in [0.2, 0.25) is 0 Å². The molecule has 0 fully saturated rings. The first-order chi connectivity index (χ1) is 12.4. The van der Waals surface area contributed by atoms with Gasteiger partial charge in [-0.2, -0.15) is 0 Å². The van der Waals surface area contributed by atoms with Gasteiger partial charge in [0, 0.05) is 5.69 Å². The third-order valence-corrected chi connectivity index (χ3v) is 4.03. The van der Waals surface area contributed by atoms with Gasteiger partial charge in [0.05, 0.1) is 0 Å². The molecule has 2 rings (SSSR count). The van der Waals surface area contributed by atoms with Crippen molar-refractivity contribution in [1.82, 2.24) is 5.32 Å². The highest BCUT2D eigenvalue weighted by atomic mass is 16.5. The zero-order valence-electron chi connectivity index (χ0n) is 15.7. The molecule has 0 bridgehead atoms. The van der Waals surface area contributed by atoms with E-state index in [4.69, 9.17) is 4.74 Å². The number of amides is 2. The lowest BCUT2D eigenvalue weighted by Gasteiger charge is -2.22. The Balaban J connectivity index is 1.97. The molecule has 0 spiro atoms. The molecule has 2 aromatic carbocycles. The Labute approximate surface area is 154 Å². The molecular formula is C21H26N2O3. The van der Waals surface area contributed by atoms with E-state index < -0.39 is 6.04 Å². The van der Waals surface area contributed by atoms with Gasteiger partial charge in [-0.15, -0.1) is 0 Å². The van der Waals surface area contributed by atoms with Crippen LogP contribution in [0.3, 0.4) is 0 Å². The van der Waals surface area contributed by atoms with Crippen LogP contribution in [0.1, 0.15) is 25.0 Å². The minimum atomic E-state index is -0.637. The van der Waals surface area contributed by atoms with Gasteiger partial charge < -0.3 is 15.4 Å². The molecule has 5 nitrogen and oxygen atoms in total. The minimum absolute atomic E-state index is 0.0548. The lowest BCUT2D eigenvalue weighted by atomic mass is 10.0. The summed E-state index contributed by atoms with van der Waals surface area (Å²) < 4.78 is 5.44. The Morgan fingerprint density at radius 1 is 1.04 bits per heavy atom. The Morgan fingerprint density at radius 2 is 1.73 bits per heavy atom. The van der Waals surface area contributed by atoms with Crippen LogP contribution in [0.25, 0.3) is 0 Å². The molecule has 138 valence electrons. The molecular weight excluding hydrogens is 328 g/mol. The lowest BCUT2D eigenvalue weighted by molar-refractivity contribution is -0.128. The highest BCUT2D eigenvalue weighted by molar-refractivity contribution is 5.98. The highest BCUT2D eigenvalue weighted by Crippen LogP contribution is 2.17. The zero-order valence-corrected chi connectivity index (χ0v) is 15.7. The van der Waals surface area contributed by atoms with Crippen molar-refractivity contribution in [2.75, 3.05) is 11.9 Å². The predicted molar refractivity (Wildman–Crippen MR) is 103 cm³/mol. The first-order valence-corrected chi connectivity index (χ1v) is 8.72. The lowest BCUT2D eigenvalue weighted by Crippen LogP contribution is -2.48. The summed E-state index contributed by atoms with van der Waals surface area (Å²) >= 11 is 0. The summed E-state index contributed by atoms with van der Waals surface area (Å²) in [6, 6.07) is 14.3. The van der Waals surface area contributed by atoms with Gasteiger partial charge >= 0.3 is 0 Å². The van der Waals surface area contributed by atoms with Gasteiger partial charge in [0.15, 0.2) is 6.61 Å². The molecule has 0 radical (unpaired) electrons. The Hall–Kier alpha value is -2.82. The molecule has 0 aliphatic carbocycles. The molecule has 2 N–H and O–H groups in total. The average Bonchev–Trinajstić information content (AvgIpc) is 2.61. The molecule has 2 aromatic rings. The number of rotatable bonds is 7. The second kappa shape index (κ2) is 9.04. The second-order valence-electron chi connectivity index (χ2n) is 6.70. The van der Waals surface area contributed by atoms with E-state index in [0.717, 1.165) is 16.8 Å². The first kappa shape index (κ1) is 19.5. The van der Waals surface area contributed by atoms with E-state index in [9.17, 15) is 9.59 Å². The maximum atomic E-state index is 12.7. The molecule has 0 aliphatic rings. The Bertz CT molecular complexity index is 757. The smallest absolute Gasteiger partial charge is 0.258 e. The van der Waals surface area contributed by atoms with E-state index in [1.165, 1.54) is 0 Å². The molecule has 26 heavy (non-hydrogen) atoms. The van der Waals surface area contributed by atoms with E-state index in [0.29, 0.717) is 5.75 Å². The average molecular weight is 354 g/mol. The van der Waals surface area contributed by atoms with E-state index in [1.807, 2.05) is 64.1 Å². The number of hydrogen-bond acceptors (Lipinski definition) is 3. The summed E-state index contributed by atoms with van der Waals surface area (Å²) in [6.07, 6.45) is 0. The standard InChI is InChI=1S/C21H26N2O3/c1-14(2)20(21(25)22-18-12-15(3)10-11-16(18)4)23-19(24)13-26-17-8-6-5-7-9-17/h5-12,14,20H,13H2,1-4H3,(H,22,25)(H,23,24). The number of carbonyl (C=O) groups excluding carboxylic acids is 2.